The minimum Gasteiger partial charge on any atom is -0.478 e. The third-order valence-electron chi connectivity index (χ3n) is 2.25. The predicted octanol–water partition coefficient (Wildman–Crippen LogP) is 3.88. The molecule has 0 fully saturated rings. The lowest BCUT2D eigenvalue weighted by atomic mass is 9.97. The molecule has 0 aromatic rings. The smallest absolute Gasteiger partial charge is 0.460 e. The molecule has 0 amide bonds. The third-order valence-corrected chi connectivity index (χ3v) is 2.25. The molecule has 0 aromatic heterocycles. The molecule has 0 spiro atoms. The van der Waals surface area contributed by atoms with Crippen LogP contribution in [0.1, 0.15) is 13.3 Å². The first-order valence-corrected chi connectivity index (χ1v) is 4.70. The van der Waals surface area contributed by atoms with Gasteiger partial charge in [0.05, 0.1) is 0 Å². The molecular weight excluding hydrogens is 311 g/mol. The van der Waals surface area contributed by atoms with E-state index in [1.807, 2.05) is 0 Å². The van der Waals surface area contributed by atoms with Gasteiger partial charge in [-0.1, -0.05) is 6.08 Å². The summed E-state index contributed by atoms with van der Waals surface area (Å²) in [4.78, 5) is 10.3. The van der Waals surface area contributed by atoms with Crippen molar-refractivity contribution in [2.24, 2.45) is 0 Å². The molecule has 0 aliphatic rings. The number of carboxylic acids is 1. The maximum Gasteiger partial charge on any atom is 0.460 e. The molecule has 0 rings (SSSR count). The van der Waals surface area contributed by atoms with E-state index >= 15 is 0 Å². The fourth-order valence-electron chi connectivity index (χ4n) is 1.06. The van der Waals surface area contributed by atoms with E-state index < -0.39 is 41.9 Å². The lowest BCUT2D eigenvalue weighted by Crippen LogP contribution is -2.61. The average Bonchev–Trinajstić information content (AvgIpc) is 2.23. The van der Waals surface area contributed by atoms with Gasteiger partial charge in [0.2, 0.25) is 0 Å². The zero-order chi connectivity index (χ0) is 16.6. The topological polar surface area (TPSA) is 37.3 Å². The van der Waals surface area contributed by atoms with E-state index in [1.165, 1.54) is 0 Å². The fourth-order valence-corrected chi connectivity index (χ4v) is 1.06. The van der Waals surface area contributed by atoms with E-state index in [9.17, 15) is 44.3 Å². The van der Waals surface area contributed by atoms with Gasteiger partial charge in [0.1, 0.15) is 0 Å². The van der Waals surface area contributed by atoms with Crippen LogP contribution in [0.3, 0.4) is 0 Å². The van der Waals surface area contributed by atoms with Gasteiger partial charge in [-0.2, -0.15) is 39.5 Å². The van der Waals surface area contributed by atoms with E-state index in [2.05, 4.69) is 0 Å². The number of hydrogen-bond donors (Lipinski definition) is 1. The fraction of sp³-hybridized carbons (Fsp3) is 0.667. The van der Waals surface area contributed by atoms with Crippen molar-refractivity contribution in [3.8, 4) is 0 Å². The molecule has 0 heterocycles. The summed E-state index contributed by atoms with van der Waals surface area (Å²) in [5.41, 5.74) is -1.42. The van der Waals surface area contributed by atoms with Crippen molar-refractivity contribution >= 4 is 5.97 Å². The van der Waals surface area contributed by atoms with Crippen molar-refractivity contribution in [2.45, 2.75) is 37.3 Å². The van der Waals surface area contributed by atoms with Crippen LogP contribution in [0.25, 0.3) is 0 Å². The van der Waals surface area contributed by atoms with Crippen LogP contribution in [0.5, 0.6) is 0 Å². The van der Waals surface area contributed by atoms with Crippen molar-refractivity contribution in [3.63, 3.8) is 0 Å². The Hall–Kier alpha value is -1.42. The summed E-state index contributed by atoms with van der Waals surface area (Å²) >= 11 is 0. The second-order valence-corrected chi connectivity index (χ2v) is 3.65. The zero-order valence-electron chi connectivity index (χ0n) is 9.54. The summed E-state index contributed by atoms with van der Waals surface area (Å²) in [6.45, 7) is 0.819. The molecule has 0 saturated heterocycles. The average molecular weight is 318 g/mol. The number of carbonyl (C=O) groups is 1. The first kappa shape index (κ1) is 18.6. The minimum atomic E-state index is -7.01. The van der Waals surface area contributed by atoms with Crippen LogP contribution >= 0.6 is 0 Å². The summed E-state index contributed by atoms with van der Waals surface area (Å²) in [6, 6.07) is 0. The Morgan fingerprint density at radius 2 is 1.35 bits per heavy atom. The van der Waals surface area contributed by atoms with Gasteiger partial charge >= 0.3 is 29.9 Å². The highest BCUT2D eigenvalue weighted by Crippen LogP contribution is 2.54. The number of hydrogen-bond acceptors (Lipinski definition) is 1. The molecule has 0 radical (unpaired) electrons. The van der Waals surface area contributed by atoms with E-state index in [0.717, 1.165) is 6.92 Å². The maximum atomic E-state index is 13.0. The second kappa shape index (κ2) is 5.17. The molecule has 0 aliphatic heterocycles. The summed E-state index contributed by atoms with van der Waals surface area (Å²) < 4.78 is 112. The number of alkyl halides is 9. The Bertz CT molecular complexity index is 408. The van der Waals surface area contributed by atoms with E-state index in [-0.39, 0.29) is 0 Å². The molecule has 0 atom stereocenters. The molecule has 0 aromatic carbocycles. The second-order valence-electron chi connectivity index (χ2n) is 3.65. The molecule has 20 heavy (non-hydrogen) atoms. The van der Waals surface area contributed by atoms with Gasteiger partial charge in [-0.25, -0.2) is 4.79 Å². The molecule has 1 N–H and O–H groups in total. The van der Waals surface area contributed by atoms with Gasteiger partial charge in [-0.3, -0.25) is 0 Å². The van der Waals surface area contributed by atoms with Crippen LogP contribution in [0.2, 0.25) is 0 Å². The highest BCUT2D eigenvalue weighted by atomic mass is 19.4. The molecular formula is C9H7F9O2. The van der Waals surface area contributed by atoms with Gasteiger partial charge in [-0.15, -0.1) is 0 Å². The molecule has 0 unspecified atom stereocenters. The summed E-state index contributed by atoms with van der Waals surface area (Å²) in [5, 5.41) is 8.31. The minimum absolute atomic E-state index is 0.387. The van der Waals surface area contributed by atoms with Crippen LogP contribution < -0.4 is 0 Å². The summed E-state index contributed by atoms with van der Waals surface area (Å²) in [5.74, 6) is -21.9. The molecule has 11 heteroatoms. The van der Waals surface area contributed by atoms with Gasteiger partial charge in [0.15, 0.2) is 0 Å². The zero-order valence-corrected chi connectivity index (χ0v) is 9.54. The Labute approximate surface area is 105 Å². The quantitative estimate of drug-likeness (QED) is 0.617. The van der Waals surface area contributed by atoms with Crippen molar-refractivity contribution < 1.29 is 49.4 Å². The third kappa shape index (κ3) is 3.01. The number of allylic oxidation sites excluding steroid dienone is 1. The summed E-state index contributed by atoms with van der Waals surface area (Å²) in [7, 11) is 0. The van der Waals surface area contributed by atoms with Crippen LogP contribution in [0.15, 0.2) is 11.6 Å². The predicted molar refractivity (Wildman–Crippen MR) is 46.9 cm³/mol. The van der Waals surface area contributed by atoms with Crippen LogP contribution in [-0.2, 0) is 4.79 Å². The van der Waals surface area contributed by atoms with E-state index in [1.54, 1.807) is 0 Å². The normalized spacial score (nSPS) is 15.4. The highest BCUT2D eigenvalue weighted by Gasteiger charge is 2.81. The molecule has 118 valence electrons. The Balaban J connectivity index is 5.64. The highest BCUT2D eigenvalue weighted by molar-refractivity contribution is 5.86. The van der Waals surface area contributed by atoms with Gasteiger partial charge in [0.25, 0.3) is 0 Å². The van der Waals surface area contributed by atoms with Crippen LogP contribution in [-0.4, -0.2) is 35.0 Å². The number of rotatable bonds is 5. The van der Waals surface area contributed by atoms with Crippen molar-refractivity contribution in [3.05, 3.63) is 11.6 Å². The van der Waals surface area contributed by atoms with E-state index in [0.29, 0.717) is 6.08 Å². The van der Waals surface area contributed by atoms with Crippen molar-refractivity contribution in [2.75, 3.05) is 0 Å². The summed E-state index contributed by atoms with van der Waals surface area (Å²) in [6.07, 6.45) is -9.01. The van der Waals surface area contributed by atoms with Crippen molar-refractivity contribution in [1.29, 1.82) is 0 Å². The van der Waals surface area contributed by atoms with Crippen LogP contribution in [0.4, 0.5) is 39.5 Å². The van der Waals surface area contributed by atoms with Crippen LogP contribution in [0, 0.1) is 0 Å². The maximum absolute atomic E-state index is 13.0. The standard InChI is InChI=1S/C9H7F9O2/c1-2-4(5(19)20)3-6(10,11)7(12,13)8(14,15)9(16,17)18/h2H,3H2,1H3,(H,19,20). The first-order valence-electron chi connectivity index (χ1n) is 4.70. The van der Waals surface area contributed by atoms with Gasteiger partial charge in [-0.05, 0) is 6.92 Å². The largest absolute Gasteiger partial charge is 0.478 e. The Morgan fingerprint density at radius 1 is 0.950 bits per heavy atom. The lowest BCUT2D eigenvalue weighted by Gasteiger charge is -2.33. The first-order chi connectivity index (χ1) is 8.62. The lowest BCUT2D eigenvalue weighted by molar-refractivity contribution is -0.395. The number of aliphatic carboxylic acids is 1. The molecule has 2 nitrogen and oxygen atoms in total. The van der Waals surface area contributed by atoms with Crippen molar-refractivity contribution in [1.82, 2.24) is 0 Å². The Morgan fingerprint density at radius 3 is 1.60 bits per heavy atom. The molecule has 0 bridgehead atoms. The van der Waals surface area contributed by atoms with E-state index in [4.69, 9.17) is 5.11 Å². The Kier molecular flexibility index (Phi) is 4.80. The number of halogens is 9. The molecule has 0 aliphatic carbocycles. The van der Waals surface area contributed by atoms with Gasteiger partial charge in [0, 0.05) is 12.0 Å². The molecule has 0 saturated carbocycles. The van der Waals surface area contributed by atoms with Gasteiger partial charge < -0.3 is 5.11 Å². The number of carboxylic acid groups (broad SMARTS) is 1. The monoisotopic (exact) mass is 318 g/mol. The SMILES string of the molecule is CC=C(CC(F)(F)C(F)(F)C(F)(F)C(F)(F)F)C(=O)O.